The number of nitrogens with one attached hydrogen (secondary N) is 5. The van der Waals surface area contributed by atoms with Gasteiger partial charge in [-0.3, -0.25) is 4.90 Å². The first-order chi connectivity index (χ1) is 21.5. The number of nitrogens with zero attached hydrogens (tertiary/aromatic N) is 5. The van der Waals surface area contributed by atoms with Crippen LogP contribution in [0.1, 0.15) is 17.0 Å². The molecule has 3 aromatic carbocycles. The molecule has 1 unspecified atom stereocenters. The molecule has 1 saturated heterocycles. The Hall–Kier alpha value is -5.14. The van der Waals surface area contributed by atoms with Crippen LogP contribution in [0.2, 0.25) is 0 Å². The zero-order valence-electron chi connectivity index (χ0n) is 23.9. The molecule has 1 fully saturated rings. The predicted octanol–water partition coefficient (Wildman–Crippen LogP) is 3.76. The first-order valence-corrected chi connectivity index (χ1v) is 14.4. The predicted molar refractivity (Wildman–Crippen MR) is 166 cm³/mol. The van der Waals surface area contributed by atoms with E-state index in [9.17, 15) is 14.3 Å². The van der Waals surface area contributed by atoms with Crippen LogP contribution in [0.3, 0.4) is 0 Å². The second-order valence-corrected chi connectivity index (χ2v) is 10.6. The van der Waals surface area contributed by atoms with E-state index >= 15 is 0 Å². The van der Waals surface area contributed by atoms with Gasteiger partial charge in [-0.15, -0.1) is 0 Å². The largest absolute Gasteiger partial charge is 0.480 e. The summed E-state index contributed by atoms with van der Waals surface area (Å²) < 4.78 is 13.7. The van der Waals surface area contributed by atoms with Crippen molar-refractivity contribution in [1.82, 2.24) is 35.1 Å². The fraction of sp³-hybridized carbons (Fsp3) is 0.258. The molecular formula is C31H33FN10O2. The molecule has 0 bridgehead atoms. The van der Waals surface area contributed by atoms with Gasteiger partial charge >= 0.3 is 5.97 Å². The van der Waals surface area contributed by atoms with Gasteiger partial charge in [0.05, 0.1) is 17.6 Å². The summed E-state index contributed by atoms with van der Waals surface area (Å²) in [5.74, 6) is -0.295. The van der Waals surface area contributed by atoms with Crippen molar-refractivity contribution in [3.05, 3.63) is 95.6 Å². The van der Waals surface area contributed by atoms with Crippen molar-refractivity contribution in [2.24, 2.45) is 0 Å². The number of carbonyl (C=O) groups is 1. The molecule has 0 amide bonds. The summed E-state index contributed by atoms with van der Waals surface area (Å²) in [7, 11) is 0. The zero-order chi connectivity index (χ0) is 30.3. The van der Waals surface area contributed by atoms with Crippen LogP contribution >= 0.6 is 0 Å². The number of aromatic nitrogens is 5. The van der Waals surface area contributed by atoms with E-state index in [0.29, 0.717) is 16.9 Å². The third-order valence-electron chi connectivity index (χ3n) is 7.23. The van der Waals surface area contributed by atoms with Crippen molar-refractivity contribution in [1.29, 1.82) is 0 Å². The van der Waals surface area contributed by atoms with Crippen molar-refractivity contribution < 1.29 is 14.3 Å². The number of benzene rings is 3. The Morgan fingerprint density at radius 3 is 2.50 bits per heavy atom. The minimum atomic E-state index is -1.03. The number of carboxylic acids is 1. The molecular weight excluding hydrogens is 563 g/mol. The van der Waals surface area contributed by atoms with Gasteiger partial charge in [0.25, 0.3) is 0 Å². The lowest BCUT2D eigenvalue weighted by Gasteiger charge is -2.27. The quantitative estimate of drug-likeness (QED) is 0.125. The summed E-state index contributed by atoms with van der Waals surface area (Å²) >= 11 is 0. The second-order valence-electron chi connectivity index (χ2n) is 10.6. The number of H-pyrrole nitrogens is 1. The molecule has 6 N–H and O–H groups in total. The van der Waals surface area contributed by atoms with E-state index in [2.05, 4.69) is 63.2 Å². The summed E-state index contributed by atoms with van der Waals surface area (Å²) in [5, 5.41) is 22.7. The molecule has 6 rings (SSSR count). The molecule has 3 heterocycles. The zero-order valence-corrected chi connectivity index (χ0v) is 23.9. The van der Waals surface area contributed by atoms with Gasteiger partial charge in [0.15, 0.2) is 0 Å². The Morgan fingerprint density at radius 2 is 1.68 bits per heavy atom. The summed E-state index contributed by atoms with van der Waals surface area (Å²) in [6.07, 6.45) is 0.233. The van der Waals surface area contributed by atoms with Crippen LogP contribution in [-0.4, -0.2) is 73.1 Å². The Bertz CT molecular complexity index is 1730. The smallest absolute Gasteiger partial charge is 0.326 e. The lowest BCUT2D eigenvalue weighted by Crippen LogP contribution is -2.42. The van der Waals surface area contributed by atoms with Crippen molar-refractivity contribution in [3.63, 3.8) is 0 Å². The number of aromatic amines is 1. The van der Waals surface area contributed by atoms with Gasteiger partial charge in [0, 0.05) is 44.8 Å². The average molecular weight is 597 g/mol. The van der Waals surface area contributed by atoms with Crippen LogP contribution in [0, 0.1) is 5.82 Å². The number of rotatable bonds is 12. The van der Waals surface area contributed by atoms with Crippen molar-refractivity contribution in [2.75, 3.05) is 42.1 Å². The number of halogens is 1. The molecule has 0 spiro atoms. The second kappa shape index (κ2) is 13.4. The molecule has 1 aliphatic heterocycles. The maximum absolute atomic E-state index is 13.7. The van der Waals surface area contributed by atoms with Gasteiger partial charge in [-0.25, -0.2) is 14.2 Å². The maximum Gasteiger partial charge on any atom is 0.326 e. The monoisotopic (exact) mass is 596 g/mol. The van der Waals surface area contributed by atoms with E-state index < -0.39 is 12.0 Å². The number of aliphatic carboxylic acids is 1. The van der Waals surface area contributed by atoms with Crippen LogP contribution < -0.4 is 21.3 Å². The normalized spacial score (nSPS) is 14.3. The van der Waals surface area contributed by atoms with Crippen LogP contribution in [0.5, 0.6) is 0 Å². The topological polar surface area (TPSA) is 156 Å². The fourth-order valence-corrected chi connectivity index (χ4v) is 5.07. The third-order valence-corrected chi connectivity index (χ3v) is 7.23. The highest BCUT2D eigenvalue weighted by molar-refractivity contribution is 5.77. The molecule has 2 aromatic heterocycles. The number of hydrogen-bond acceptors (Lipinski definition) is 10. The number of fused-ring (bicyclic) bond motifs is 1. The van der Waals surface area contributed by atoms with Crippen molar-refractivity contribution in [2.45, 2.75) is 25.6 Å². The van der Waals surface area contributed by atoms with E-state index in [1.807, 2.05) is 42.5 Å². The molecule has 5 aromatic rings. The highest BCUT2D eigenvalue weighted by Crippen LogP contribution is 2.20. The van der Waals surface area contributed by atoms with E-state index in [4.69, 9.17) is 0 Å². The fourth-order valence-electron chi connectivity index (χ4n) is 5.07. The molecule has 13 heteroatoms. The van der Waals surface area contributed by atoms with Gasteiger partial charge in [0.1, 0.15) is 17.7 Å². The van der Waals surface area contributed by atoms with Crippen LogP contribution in [0.25, 0.3) is 11.0 Å². The molecule has 0 saturated carbocycles. The maximum atomic E-state index is 13.7. The highest BCUT2D eigenvalue weighted by atomic mass is 19.1. The lowest BCUT2D eigenvalue weighted by molar-refractivity contribution is -0.137. The minimum absolute atomic E-state index is 0.0944. The van der Waals surface area contributed by atoms with E-state index in [1.54, 1.807) is 6.07 Å². The van der Waals surface area contributed by atoms with Crippen LogP contribution in [0.4, 0.5) is 27.9 Å². The summed E-state index contributed by atoms with van der Waals surface area (Å²) in [4.78, 5) is 35.6. The van der Waals surface area contributed by atoms with Gasteiger partial charge < -0.3 is 31.4 Å². The Kier molecular flexibility index (Phi) is 8.85. The number of carboxylic acid groups (broad SMARTS) is 1. The Balaban J connectivity index is 1.23. The van der Waals surface area contributed by atoms with Crippen molar-refractivity contribution in [3.8, 4) is 0 Å². The van der Waals surface area contributed by atoms with Crippen molar-refractivity contribution >= 4 is 40.5 Å². The summed E-state index contributed by atoms with van der Waals surface area (Å²) in [6, 6.07) is 20.8. The summed E-state index contributed by atoms with van der Waals surface area (Å²) in [5.41, 5.74) is 4.01. The molecule has 0 aliphatic carbocycles. The average Bonchev–Trinajstić information content (AvgIpc) is 3.43. The van der Waals surface area contributed by atoms with E-state index in [-0.39, 0.29) is 36.6 Å². The number of hydrogen-bond donors (Lipinski definition) is 6. The van der Waals surface area contributed by atoms with Crippen LogP contribution in [0.15, 0.2) is 72.8 Å². The van der Waals surface area contributed by atoms with Gasteiger partial charge in [-0.05, 0) is 41.5 Å². The van der Waals surface area contributed by atoms with Gasteiger partial charge in [-0.2, -0.15) is 15.0 Å². The molecule has 226 valence electrons. The number of imidazole rings is 1. The summed E-state index contributed by atoms with van der Waals surface area (Å²) in [6.45, 7) is 4.97. The molecule has 12 nitrogen and oxygen atoms in total. The SMILES string of the molecule is O=C(O)C(Cc1ccccc1)Nc1nc(NCc2nc3ccc(F)cc3[nH]2)nc(Nc2cccc(CN3CCNCC3)c2)n1. The third kappa shape index (κ3) is 7.62. The van der Waals surface area contributed by atoms with E-state index in [0.717, 1.165) is 49.5 Å². The van der Waals surface area contributed by atoms with Crippen LogP contribution in [-0.2, 0) is 24.3 Å². The highest BCUT2D eigenvalue weighted by Gasteiger charge is 2.20. The van der Waals surface area contributed by atoms with E-state index in [1.165, 1.54) is 12.1 Å². The molecule has 1 aliphatic rings. The molecule has 1 atom stereocenters. The standard InChI is InChI=1S/C31H33FN10O2/c32-22-9-10-24-25(17-22)37-27(36-24)18-34-29-39-30(35-23-8-4-7-21(15-23)19-42-13-11-33-12-14-42)41-31(40-29)38-26(28(43)44)16-20-5-2-1-3-6-20/h1-10,15,17,26,33H,11-14,16,18-19H2,(H,36,37)(H,43,44)(H3,34,35,38,39,40,41). The Morgan fingerprint density at radius 1 is 0.909 bits per heavy atom. The molecule has 0 radical (unpaired) electrons. The lowest BCUT2D eigenvalue weighted by atomic mass is 10.1. The first kappa shape index (κ1) is 29.0. The molecule has 44 heavy (non-hydrogen) atoms. The Labute approximate surface area is 253 Å². The number of piperazine rings is 1. The first-order valence-electron chi connectivity index (χ1n) is 14.4. The van der Waals surface area contributed by atoms with Gasteiger partial charge in [0.2, 0.25) is 17.8 Å². The minimum Gasteiger partial charge on any atom is -0.480 e. The number of anilines is 4. The van der Waals surface area contributed by atoms with Gasteiger partial charge in [-0.1, -0.05) is 42.5 Å².